The van der Waals surface area contributed by atoms with Crippen molar-refractivity contribution in [2.24, 2.45) is 0 Å². The zero-order valence-corrected chi connectivity index (χ0v) is 20.4. The second-order valence-electron chi connectivity index (χ2n) is 5.92. The van der Waals surface area contributed by atoms with Crippen LogP contribution < -0.4 is 0 Å². The molecule has 0 unspecified atom stereocenters. The average molecular weight is 468 g/mol. The van der Waals surface area contributed by atoms with E-state index in [0.717, 1.165) is 0 Å². The fourth-order valence-electron chi connectivity index (χ4n) is 2.70. The van der Waals surface area contributed by atoms with Crippen molar-refractivity contribution in [3.63, 3.8) is 0 Å². The topological polar surface area (TPSA) is 9.72 Å². The van der Waals surface area contributed by atoms with Gasteiger partial charge in [0, 0.05) is 0 Å². The maximum absolute atomic E-state index is 6.79. The third-order valence-electron chi connectivity index (χ3n) is 3.29. The lowest BCUT2D eigenvalue weighted by atomic mass is 10.4. The molecule has 1 fully saturated rings. The zero-order valence-electron chi connectivity index (χ0n) is 12.8. The number of rotatable bonds is 3. The first-order valence-corrected chi connectivity index (χ1v) is 18.5. The van der Waals surface area contributed by atoms with Gasteiger partial charge in [0.2, 0.25) is 0 Å². The monoisotopic (exact) mass is 465 g/mol. The van der Waals surface area contributed by atoms with Crippen LogP contribution in [0.1, 0.15) is 41.5 Å². The minimum Gasteiger partial charge on any atom is -0.270 e. The molecule has 0 aliphatic carbocycles. The minimum absolute atomic E-state index is 0.00531. The molecule has 0 bridgehead atoms. The molecule has 1 rings (SSSR count). The second-order valence-corrected chi connectivity index (χ2v) is 24.4. The van der Waals surface area contributed by atoms with E-state index in [1.165, 1.54) is 0 Å². The maximum Gasteiger partial charge on any atom is 0.401 e. The molecule has 1 aliphatic heterocycles. The molecule has 0 N–H and O–H groups in total. The largest absolute Gasteiger partial charge is 0.401 e. The Morgan fingerprint density at radius 2 is 0.619 bits per heavy atom. The van der Waals surface area contributed by atoms with Crippen LogP contribution in [0, 0.1) is 0 Å². The predicted molar refractivity (Wildman–Crippen MR) is 103 cm³/mol. The number of halogens is 6. The highest BCUT2D eigenvalue weighted by Gasteiger charge is 2.73. The third kappa shape index (κ3) is 3.62. The van der Waals surface area contributed by atoms with E-state index in [0.29, 0.717) is 0 Å². The van der Waals surface area contributed by atoms with Crippen molar-refractivity contribution >= 4 is 87.5 Å². The molecule has 0 aromatic rings. The summed E-state index contributed by atoms with van der Waals surface area (Å²) >= 11 is 40.8. The first-order valence-electron chi connectivity index (χ1n) is 6.71. The van der Waals surface area contributed by atoms with Gasteiger partial charge >= 0.3 is 21.0 Å². The summed E-state index contributed by atoms with van der Waals surface area (Å²) in [6.07, 6.45) is 0. The molecule has 0 radical (unpaired) electrons. The van der Waals surface area contributed by atoms with Gasteiger partial charge in [0.1, 0.15) is 0 Å². The van der Waals surface area contributed by atoms with Crippen LogP contribution >= 0.6 is 66.5 Å². The Labute approximate surface area is 159 Å². The Hall–Kier alpha value is 2.27. The molecule has 12 heteroatoms. The van der Waals surface area contributed by atoms with Gasteiger partial charge < -0.3 is 0 Å². The van der Waals surface area contributed by atoms with E-state index >= 15 is 0 Å². The smallest absolute Gasteiger partial charge is 0.270 e. The Balaban J connectivity index is 3.58. The Bertz CT molecular complexity index is 318. The maximum atomic E-state index is 6.79. The summed E-state index contributed by atoms with van der Waals surface area (Å²) in [6.45, 7) is 11.9. The fraction of sp³-hybridized carbons (Fsp3) is 1.00. The summed E-state index contributed by atoms with van der Waals surface area (Å²) in [7, 11) is -9.51. The van der Waals surface area contributed by atoms with E-state index in [1.54, 1.807) is 0 Å². The van der Waals surface area contributed by atoms with Crippen molar-refractivity contribution in [2.45, 2.75) is 59.7 Å². The van der Waals surface area contributed by atoms with Gasteiger partial charge in [-0.1, -0.05) is 41.5 Å². The summed E-state index contributed by atoms with van der Waals surface area (Å²) in [5.41, 5.74) is 0. The molecule has 0 aromatic heterocycles. The predicted octanol–water partition coefficient (Wildman–Crippen LogP) is 4.87. The van der Waals surface area contributed by atoms with E-state index < -0.39 is 21.0 Å². The molecule has 1 heterocycles. The number of nitrogens with zero attached hydrogens (tertiary/aromatic N) is 3. The van der Waals surface area contributed by atoms with Crippen molar-refractivity contribution in [1.29, 1.82) is 0 Å². The van der Waals surface area contributed by atoms with Crippen LogP contribution in [0.25, 0.3) is 0 Å². The van der Waals surface area contributed by atoms with Gasteiger partial charge in [0.15, 0.2) is 0 Å². The summed E-state index contributed by atoms with van der Waals surface area (Å²) < 4.78 is 5.63. The van der Waals surface area contributed by atoms with Crippen molar-refractivity contribution in [3.05, 3.63) is 0 Å². The zero-order chi connectivity index (χ0) is 17.0. The lowest BCUT2D eigenvalue weighted by molar-refractivity contribution is 0.356. The molecule has 0 saturated carbocycles. The van der Waals surface area contributed by atoms with Crippen molar-refractivity contribution in [2.75, 3.05) is 0 Å². The second kappa shape index (κ2) is 6.88. The van der Waals surface area contributed by atoms with Gasteiger partial charge in [-0.15, -0.1) is 66.5 Å². The first kappa shape index (κ1) is 21.3. The summed E-state index contributed by atoms with van der Waals surface area (Å²) in [6, 6.07) is -0.0159. The Kier molecular flexibility index (Phi) is 6.98. The van der Waals surface area contributed by atoms with E-state index in [2.05, 4.69) is 0 Å². The quantitative estimate of drug-likeness (QED) is 0.433. The van der Waals surface area contributed by atoms with Crippen molar-refractivity contribution in [1.82, 2.24) is 12.7 Å². The molecule has 0 amide bonds. The summed E-state index contributed by atoms with van der Waals surface area (Å²) in [5, 5.41) is 0. The van der Waals surface area contributed by atoms with Crippen LogP contribution in [0.5, 0.6) is 0 Å². The molecular formula is C9H21Cl6N3Si3. The molecule has 0 atom stereocenters. The van der Waals surface area contributed by atoms with E-state index in [4.69, 9.17) is 66.5 Å². The summed E-state index contributed by atoms with van der Waals surface area (Å²) in [5.74, 6) is 0. The van der Waals surface area contributed by atoms with Crippen LogP contribution in [-0.4, -0.2) is 51.9 Å². The average Bonchev–Trinajstić information content (AvgIpc) is 2.07. The third-order valence-corrected chi connectivity index (χ3v) is 27.3. The Morgan fingerprint density at radius 3 is 0.714 bits per heavy atom. The van der Waals surface area contributed by atoms with Gasteiger partial charge in [-0.05, 0) is 18.1 Å². The number of hydrogen-bond acceptors (Lipinski definition) is 3. The highest BCUT2D eigenvalue weighted by Crippen LogP contribution is 2.51. The van der Waals surface area contributed by atoms with Crippen LogP contribution in [0.15, 0.2) is 0 Å². The minimum atomic E-state index is -3.17. The van der Waals surface area contributed by atoms with Gasteiger partial charge in [-0.25, -0.2) is 0 Å². The summed E-state index contributed by atoms with van der Waals surface area (Å²) in [4.78, 5) is 0. The van der Waals surface area contributed by atoms with Gasteiger partial charge in [0.25, 0.3) is 0 Å². The SMILES string of the molecule is CC(C)N1[Si](Cl)(Cl)N(C(C)C)[Si](Cl)(Cl)N(C(C)C)[Si]1(Cl)Cl. The molecule has 0 aromatic carbocycles. The van der Waals surface area contributed by atoms with Crippen LogP contribution in [0.3, 0.4) is 0 Å². The standard InChI is InChI=1S/C9H21Cl6N3Si3/c1-7(2)16-19(10,11)17(8(3)4)21(14,15)18(9(5)6)20(16,12)13/h7-9H,1-6H3. The fourth-order valence-corrected chi connectivity index (χ4v) is 38.8. The highest BCUT2D eigenvalue weighted by molar-refractivity contribution is 7.62. The van der Waals surface area contributed by atoms with Crippen molar-refractivity contribution < 1.29 is 0 Å². The molecule has 3 nitrogen and oxygen atoms in total. The van der Waals surface area contributed by atoms with Crippen LogP contribution in [0.2, 0.25) is 0 Å². The lowest BCUT2D eigenvalue weighted by Crippen LogP contribution is -2.88. The molecule has 21 heavy (non-hydrogen) atoms. The van der Waals surface area contributed by atoms with E-state index in [9.17, 15) is 0 Å². The lowest BCUT2D eigenvalue weighted by Gasteiger charge is -2.61. The van der Waals surface area contributed by atoms with E-state index in [-0.39, 0.29) is 18.1 Å². The molecule has 0 spiro atoms. The highest BCUT2D eigenvalue weighted by atomic mass is 35.7. The van der Waals surface area contributed by atoms with Gasteiger partial charge in [-0.3, -0.25) is 12.7 Å². The van der Waals surface area contributed by atoms with Gasteiger partial charge in [-0.2, -0.15) is 0 Å². The van der Waals surface area contributed by atoms with Crippen LogP contribution in [-0.2, 0) is 0 Å². The molecule has 1 aliphatic rings. The van der Waals surface area contributed by atoms with Crippen LogP contribution in [0.4, 0.5) is 0 Å². The number of hydrogen-bond donors (Lipinski definition) is 0. The molecule has 126 valence electrons. The van der Waals surface area contributed by atoms with Crippen molar-refractivity contribution in [3.8, 4) is 0 Å². The van der Waals surface area contributed by atoms with Gasteiger partial charge in [0.05, 0.1) is 0 Å². The normalized spacial score (nSPS) is 27.0. The first-order chi connectivity index (χ1) is 9.20. The molecule has 1 saturated heterocycles. The van der Waals surface area contributed by atoms with E-state index in [1.807, 2.05) is 54.2 Å². The Morgan fingerprint density at radius 1 is 0.476 bits per heavy atom. The molecular weight excluding hydrogens is 447 g/mol.